The van der Waals surface area contributed by atoms with Crippen LogP contribution in [0.5, 0.6) is 0 Å². The van der Waals surface area contributed by atoms with Crippen molar-refractivity contribution in [1.29, 1.82) is 0 Å². The second-order valence-electron chi connectivity index (χ2n) is 1.97. The Morgan fingerprint density at radius 1 is 0.950 bits per heavy atom. The summed E-state index contributed by atoms with van der Waals surface area (Å²) in [5.41, 5.74) is -0.773. The molecule has 0 aliphatic carbocycles. The van der Waals surface area contributed by atoms with Crippen molar-refractivity contribution in [2.24, 2.45) is 0 Å². The maximum atomic E-state index is 10.4. The molecule has 0 fully saturated rings. The second-order valence-corrected chi connectivity index (χ2v) is 2.28. The zero-order chi connectivity index (χ0) is 15.7. The third kappa shape index (κ3) is 30.9. The molecular weight excluding hydrogens is 322 g/mol. The fourth-order valence-corrected chi connectivity index (χ4v) is 0.352. The van der Waals surface area contributed by atoms with E-state index in [0.29, 0.717) is 0 Å². The fraction of sp³-hybridized carbons (Fsp3) is 0.625. The Morgan fingerprint density at radius 3 is 1.35 bits per heavy atom. The second kappa shape index (κ2) is 24.3. The van der Waals surface area contributed by atoms with E-state index >= 15 is 0 Å². The van der Waals surface area contributed by atoms with Crippen molar-refractivity contribution >= 4 is 73.0 Å². The van der Waals surface area contributed by atoms with Crippen LogP contribution < -0.4 is 0 Å². The molecule has 0 saturated heterocycles. The number of rotatable bonds is 2. The van der Waals surface area contributed by atoms with E-state index < -0.39 is 17.7 Å². The molecule has 0 spiro atoms. The molecule has 0 aromatic carbocycles. The van der Waals surface area contributed by atoms with Crippen molar-refractivity contribution < 1.29 is 43.8 Å². The van der Waals surface area contributed by atoms with E-state index in [1.807, 2.05) is 0 Å². The van der Waals surface area contributed by atoms with Gasteiger partial charge in [0.15, 0.2) is 0 Å². The predicted molar refractivity (Wildman–Crippen MR) is 69.6 cm³/mol. The Kier molecular flexibility index (Phi) is 34.5. The fourth-order valence-electron chi connectivity index (χ4n) is 0.352. The van der Waals surface area contributed by atoms with Crippen molar-refractivity contribution in [3.05, 3.63) is 0 Å². The van der Waals surface area contributed by atoms with Crippen LogP contribution in [0, 0.1) is 0 Å². The van der Waals surface area contributed by atoms with Gasteiger partial charge in [0.2, 0.25) is 0 Å². The first-order valence-corrected chi connectivity index (χ1v) is 13.8. The van der Waals surface area contributed by atoms with Gasteiger partial charge in [0, 0.05) is 11.6 Å². The van der Waals surface area contributed by atoms with Gasteiger partial charge in [-0.2, -0.15) is 19.4 Å². The van der Waals surface area contributed by atoms with Crippen LogP contribution in [0.4, 0.5) is 14.4 Å². The first kappa shape index (κ1) is 28.4. The molecular formula is C8H15ClNa2O9. The van der Waals surface area contributed by atoms with Gasteiger partial charge in [0.1, 0.15) is 0 Å². The molecule has 2 N–H and O–H groups in total. The molecule has 0 radical (unpaired) electrons. The van der Waals surface area contributed by atoms with E-state index in [0.717, 1.165) is 0 Å². The molecule has 0 aliphatic heterocycles. The van der Waals surface area contributed by atoms with Crippen LogP contribution >= 0.6 is 11.6 Å². The van der Waals surface area contributed by atoms with Crippen molar-refractivity contribution in [2.45, 2.75) is 13.8 Å². The van der Waals surface area contributed by atoms with E-state index in [9.17, 15) is 14.4 Å². The normalized spacial score (nSPS) is 7.20. The summed E-state index contributed by atoms with van der Waals surface area (Å²) in [7, 11) is 1.22. The summed E-state index contributed by atoms with van der Waals surface area (Å²) >= 11 is 7.49. The number of ether oxygens (including phenoxy) is 3. The molecule has 0 unspecified atom stereocenters. The van der Waals surface area contributed by atoms with Crippen LogP contribution in [-0.2, 0) is 24.0 Å². The average molecular weight is 337 g/mol. The summed E-state index contributed by atoms with van der Waals surface area (Å²) in [6, 6.07) is 0. The summed E-state index contributed by atoms with van der Waals surface area (Å²) in [6.07, 6.45) is -2.16. The van der Waals surface area contributed by atoms with Crippen molar-refractivity contribution in [3.8, 4) is 0 Å². The zero-order valence-electron chi connectivity index (χ0n) is 12.1. The Hall–Kier alpha value is 0.260. The molecule has 110 valence electrons. The molecule has 12 heteroatoms. The van der Waals surface area contributed by atoms with Gasteiger partial charge < -0.3 is 19.7 Å². The Labute approximate surface area is 149 Å². The van der Waals surface area contributed by atoms with Crippen LogP contribution in [0.1, 0.15) is 13.8 Å². The molecule has 0 rings (SSSR count). The zero-order valence-corrected chi connectivity index (χ0v) is 16.8. The van der Waals surface area contributed by atoms with Crippen LogP contribution in [0.2, 0.25) is 0 Å². The topological polar surface area (TPSA) is 129 Å². The molecule has 20 heavy (non-hydrogen) atoms. The molecule has 0 heterocycles. The van der Waals surface area contributed by atoms with Gasteiger partial charge in [-0.3, -0.25) is 0 Å². The van der Waals surface area contributed by atoms with E-state index in [4.69, 9.17) is 0 Å². The van der Waals surface area contributed by atoms with Crippen molar-refractivity contribution in [2.75, 3.05) is 20.3 Å². The molecule has 9 nitrogen and oxygen atoms in total. The van der Waals surface area contributed by atoms with Crippen LogP contribution in [0.25, 0.3) is 0 Å². The van der Waals surface area contributed by atoms with E-state index in [-0.39, 0.29) is 18.7 Å². The predicted octanol–water partition coefficient (Wildman–Crippen LogP) is 0.653. The van der Waals surface area contributed by atoms with Gasteiger partial charge in [-0.25, -0.2) is 4.79 Å². The molecule has 0 aromatic heterocycles. The maximum absolute atomic E-state index is 10.4. The number of halogens is 1. The SMILES string of the molecule is CCOC(=O)OOC(=O)OCC.COC(=O)Cl.O.[Na][Na]. The van der Waals surface area contributed by atoms with Crippen LogP contribution in [0.15, 0.2) is 0 Å². The number of hydrogen-bond donors (Lipinski definition) is 0. The number of carbonyl (C=O) groups excluding carboxylic acids is 3. The average Bonchev–Trinajstić information content (AvgIpc) is 2.40. The number of methoxy groups -OCH3 is 1. The third-order valence-corrected chi connectivity index (χ3v) is 1.02. The summed E-state index contributed by atoms with van der Waals surface area (Å²) < 4.78 is 12.4. The first-order valence-electron chi connectivity index (χ1n) is 5.39. The van der Waals surface area contributed by atoms with Gasteiger partial charge in [-0.1, -0.05) is 0 Å². The number of carbonyl (C=O) groups is 3. The summed E-state index contributed by atoms with van der Waals surface area (Å²) in [5.74, 6) is 0. The molecule has 0 bridgehead atoms. The van der Waals surface area contributed by atoms with Gasteiger partial charge in [-0.15, -0.1) is 0 Å². The van der Waals surface area contributed by atoms with Crippen LogP contribution in [-0.4, -0.2) is 87.2 Å². The molecule has 0 saturated carbocycles. The monoisotopic (exact) mass is 336 g/mol. The van der Waals surface area contributed by atoms with Gasteiger partial charge in [-0.05, 0) is 13.8 Å². The summed E-state index contributed by atoms with van der Waals surface area (Å²) in [4.78, 5) is 37.8. The van der Waals surface area contributed by atoms with Gasteiger partial charge in [0.25, 0.3) is 0 Å². The minimum atomic E-state index is -1.08. The Bertz CT molecular complexity index is 234. The molecule has 0 atom stereocenters. The number of hydrogen-bond acceptors (Lipinski definition) is 8. The first-order chi connectivity index (χ1) is 8.97. The van der Waals surface area contributed by atoms with Crippen LogP contribution in [0.3, 0.4) is 0 Å². The summed E-state index contributed by atoms with van der Waals surface area (Å²) in [5, 5.41) is 0. The van der Waals surface area contributed by atoms with Crippen molar-refractivity contribution in [3.63, 3.8) is 0 Å². The summed E-state index contributed by atoms with van der Waals surface area (Å²) in [6.45, 7) is 3.47. The quantitative estimate of drug-likeness (QED) is 0.179. The third-order valence-electron chi connectivity index (χ3n) is 0.863. The van der Waals surface area contributed by atoms with E-state index in [1.165, 1.54) is 50.7 Å². The van der Waals surface area contributed by atoms with E-state index in [1.54, 1.807) is 13.8 Å². The molecule has 0 aliphatic rings. The van der Waals surface area contributed by atoms with Gasteiger partial charge in [0.05, 0.1) is 20.3 Å². The minimum absolute atomic E-state index is 0. The Morgan fingerprint density at radius 2 is 1.20 bits per heavy atom. The Balaban J connectivity index is -0.000000136. The molecule has 0 amide bonds. The van der Waals surface area contributed by atoms with E-state index in [2.05, 4.69) is 35.6 Å². The van der Waals surface area contributed by atoms with Crippen molar-refractivity contribution in [1.82, 2.24) is 0 Å². The molecule has 0 aromatic rings. The van der Waals surface area contributed by atoms with Gasteiger partial charge >= 0.3 is 61.4 Å². The standard InChI is InChI=1S/C6H10O6.C2H3ClO2.2Na.H2O/c1-3-9-5(7)11-12-6(8)10-4-2;1-5-2(3)4;;;/h3-4H2,1-2H3;1H3;;;1H2.